The van der Waals surface area contributed by atoms with Crippen molar-refractivity contribution in [2.75, 3.05) is 0 Å². The summed E-state index contributed by atoms with van der Waals surface area (Å²) in [4.78, 5) is 4.10. The lowest BCUT2D eigenvalue weighted by Gasteiger charge is -2.12. The van der Waals surface area contributed by atoms with Crippen molar-refractivity contribution in [3.8, 4) is 0 Å². The van der Waals surface area contributed by atoms with Crippen molar-refractivity contribution in [3.05, 3.63) is 53.9 Å². The van der Waals surface area contributed by atoms with Gasteiger partial charge in [-0.15, -0.1) is 0 Å². The highest BCUT2D eigenvalue weighted by molar-refractivity contribution is 5.26. The summed E-state index contributed by atoms with van der Waals surface area (Å²) < 4.78 is 15.2. The molecule has 0 aliphatic carbocycles. The molecule has 1 aromatic heterocycles. The van der Waals surface area contributed by atoms with Crippen molar-refractivity contribution in [1.82, 2.24) is 9.55 Å². The van der Waals surface area contributed by atoms with E-state index in [4.69, 9.17) is 5.73 Å². The van der Waals surface area contributed by atoms with E-state index in [0.717, 1.165) is 0 Å². The van der Waals surface area contributed by atoms with Crippen LogP contribution in [-0.4, -0.2) is 9.55 Å². The zero-order chi connectivity index (χ0) is 10.8. The standard InChI is InChI=1S/C11H12FN3/c1-15-7-6-14-11(15)10(13)8-4-2-3-5-9(8)12/h2-7,10H,13H2,1H3. The van der Waals surface area contributed by atoms with Crippen LogP contribution in [0.15, 0.2) is 36.7 Å². The first-order valence-corrected chi connectivity index (χ1v) is 4.67. The van der Waals surface area contributed by atoms with Crippen molar-refractivity contribution in [3.63, 3.8) is 0 Å². The normalized spacial score (nSPS) is 12.7. The van der Waals surface area contributed by atoms with Gasteiger partial charge in [0.15, 0.2) is 0 Å². The van der Waals surface area contributed by atoms with Crippen LogP contribution in [0.1, 0.15) is 17.4 Å². The van der Waals surface area contributed by atoms with E-state index in [-0.39, 0.29) is 5.82 Å². The number of hydrogen-bond donors (Lipinski definition) is 1. The van der Waals surface area contributed by atoms with E-state index < -0.39 is 6.04 Å². The van der Waals surface area contributed by atoms with Gasteiger partial charge in [0, 0.05) is 25.0 Å². The largest absolute Gasteiger partial charge is 0.336 e. The molecule has 2 N–H and O–H groups in total. The fraction of sp³-hybridized carbons (Fsp3) is 0.182. The second kappa shape index (κ2) is 3.82. The second-order valence-corrected chi connectivity index (χ2v) is 3.40. The fourth-order valence-electron chi connectivity index (χ4n) is 1.54. The summed E-state index contributed by atoms with van der Waals surface area (Å²) in [7, 11) is 1.84. The molecule has 2 aromatic rings. The Hall–Kier alpha value is -1.68. The van der Waals surface area contributed by atoms with Crippen molar-refractivity contribution >= 4 is 0 Å². The second-order valence-electron chi connectivity index (χ2n) is 3.40. The zero-order valence-corrected chi connectivity index (χ0v) is 8.39. The van der Waals surface area contributed by atoms with Gasteiger partial charge in [-0.1, -0.05) is 18.2 Å². The number of halogens is 1. The summed E-state index contributed by atoms with van der Waals surface area (Å²) in [6, 6.07) is 5.96. The van der Waals surface area contributed by atoms with Crippen molar-refractivity contribution in [2.45, 2.75) is 6.04 Å². The molecule has 0 bridgehead atoms. The number of benzene rings is 1. The highest BCUT2D eigenvalue weighted by Gasteiger charge is 2.16. The summed E-state index contributed by atoms with van der Waals surface area (Å²) in [5, 5.41) is 0. The maximum Gasteiger partial charge on any atom is 0.130 e. The zero-order valence-electron chi connectivity index (χ0n) is 8.39. The maximum atomic E-state index is 13.4. The Bertz CT molecular complexity index is 464. The fourth-order valence-corrected chi connectivity index (χ4v) is 1.54. The summed E-state index contributed by atoms with van der Waals surface area (Å²) in [5.41, 5.74) is 6.40. The predicted molar refractivity (Wildman–Crippen MR) is 55.6 cm³/mol. The number of nitrogens with two attached hydrogens (primary N) is 1. The van der Waals surface area contributed by atoms with Crippen LogP contribution >= 0.6 is 0 Å². The van der Waals surface area contributed by atoms with Crippen molar-refractivity contribution in [2.24, 2.45) is 12.8 Å². The van der Waals surface area contributed by atoms with Gasteiger partial charge in [0.05, 0.1) is 6.04 Å². The van der Waals surface area contributed by atoms with Gasteiger partial charge in [0.1, 0.15) is 11.6 Å². The first-order chi connectivity index (χ1) is 7.20. The lowest BCUT2D eigenvalue weighted by Crippen LogP contribution is -2.17. The van der Waals surface area contributed by atoms with Crippen molar-refractivity contribution < 1.29 is 4.39 Å². The van der Waals surface area contributed by atoms with Gasteiger partial charge in [0.25, 0.3) is 0 Å². The number of imidazole rings is 1. The molecule has 0 spiro atoms. The average molecular weight is 205 g/mol. The molecule has 0 saturated heterocycles. The van der Waals surface area contributed by atoms with Crippen LogP contribution in [0.25, 0.3) is 0 Å². The van der Waals surface area contributed by atoms with Crippen LogP contribution in [0.2, 0.25) is 0 Å². The molecule has 15 heavy (non-hydrogen) atoms. The average Bonchev–Trinajstić information content (AvgIpc) is 2.64. The minimum atomic E-state index is -0.522. The minimum Gasteiger partial charge on any atom is -0.336 e. The molecule has 3 nitrogen and oxygen atoms in total. The SMILES string of the molecule is Cn1ccnc1C(N)c1ccccc1F. The number of rotatable bonds is 2. The Morgan fingerprint density at radius 2 is 2.13 bits per heavy atom. The summed E-state index contributed by atoms with van der Waals surface area (Å²) >= 11 is 0. The Kier molecular flexibility index (Phi) is 2.51. The van der Waals surface area contributed by atoms with Crippen LogP contribution in [0.5, 0.6) is 0 Å². The minimum absolute atomic E-state index is 0.298. The van der Waals surface area contributed by atoms with E-state index in [1.807, 2.05) is 7.05 Å². The van der Waals surface area contributed by atoms with Crippen LogP contribution in [0, 0.1) is 5.82 Å². The van der Waals surface area contributed by atoms with Crippen LogP contribution in [0.3, 0.4) is 0 Å². The topological polar surface area (TPSA) is 43.8 Å². The van der Waals surface area contributed by atoms with E-state index >= 15 is 0 Å². The molecule has 0 fully saturated rings. The molecule has 1 unspecified atom stereocenters. The third kappa shape index (κ3) is 1.76. The van der Waals surface area contributed by atoms with E-state index in [9.17, 15) is 4.39 Å². The molecule has 1 atom stereocenters. The molecule has 0 aliphatic heterocycles. The van der Waals surface area contributed by atoms with E-state index in [1.54, 1.807) is 35.2 Å². The molecular weight excluding hydrogens is 193 g/mol. The number of aromatic nitrogens is 2. The Balaban J connectivity index is 2.41. The highest BCUT2D eigenvalue weighted by Crippen LogP contribution is 2.19. The van der Waals surface area contributed by atoms with Gasteiger partial charge in [0.2, 0.25) is 0 Å². The molecule has 0 radical (unpaired) electrons. The number of aryl methyl sites for hydroxylation is 1. The van der Waals surface area contributed by atoms with E-state index in [1.165, 1.54) is 6.07 Å². The van der Waals surface area contributed by atoms with E-state index in [2.05, 4.69) is 4.98 Å². The Labute approximate surface area is 87.4 Å². The monoisotopic (exact) mass is 205 g/mol. The van der Waals surface area contributed by atoms with E-state index in [0.29, 0.717) is 11.4 Å². The van der Waals surface area contributed by atoms with Gasteiger partial charge in [-0.3, -0.25) is 0 Å². The summed E-state index contributed by atoms with van der Waals surface area (Å²) in [5.74, 6) is 0.355. The molecule has 1 heterocycles. The molecule has 78 valence electrons. The quantitative estimate of drug-likeness (QED) is 0.809. The van der Waals surface area contributed by atoms with Gasteiger partial charge in [-0.2, -0.15) is 0 Å². The predicted octanol–water partition coefficient (Wildman–Crippen LogP) is 1.61. The van der Waals surface area contributed by atoms with Crippen LogP contribution in [0.4, 0.5) is 4.39 Å². The smallest absolute Gasteiger partial charge is 0.130 e. The van der Waals surface area contributed by atoms with Crippen molar-refractivity contribution in [1.29, 1.82) is 0 Å². The number of nitrogens with zero attached hydrogens (tertiary/aromatic N) is 2. The first-order valence-electron chi connectivity index (χ1n) is 4.67. The molecule has 2 rings (SSSR count). The van der Waals surface area contributed by atoms with Gasteiger partial charge in [-0.05, 0) is 6.07 Å². The molecule has 0 amide bonds. The Morgan fingerprint density at radius 1 is 1.40 bits per heavy atom. The summed E-state index contributed by atoms with van der Waals surface area (Å²) in [6.45, 7) is 0. The molecular formula is C11H12FN3. The third-order valence-electron chi connectivity index (χ3n) is 2.38. The summed E-state index contributed by atoms with van der Waals surface area (Å²) in [6.07, 6.45) is 3.44. The van der Waals surface area contributed by atoms with Gasteiger partial charge in [-0.25, -0.2) is 9.37 Å². The third-order valence-corrected chi connectivity index (χ3v) is 2.38. The lowest BCUT2D eigenvalue weighted by atomic mass is 10.1. The first kappa shape index (κ1) is 9.86. The van der Waals surface area contributed by atoms with Crippen LogP contribution < -0.4 is 5.73 Å². The van der Waals surface area contributed by atoms with Crippen LogP contribution in [-0.2, 0) is 7.05 Å². The maximum absolute atomic E-state index is 13.4. The molecule has 4 heteroatoms. The lowest BCUT2D eigenvalue weighted by molar-refractivity contribution is 0.588. The number of hydrogen-bond acceptors (Lipinski definition) is 2. The van der Waals surface area contributed by atoms with Gasteiger partial charge < -0.3 is 10.3 Å². The van der Waals surface area contributed by atoms with Gasteiger partial charge >= 0.3 is 0 Å². The molecule has 0 saturated carbocycles. The Morgan fingerprint density at radius 3 is 2.73 bits per heavy atom. The highest BCUT2D eigenvalue weighted by atomic mass is 19.1. The molecule has 0 aliphatic rings. The molecule has 1 aromatic carbocycles.